The minimum atomic E-state index is -2.65. The first-order chi connectivity index (χ1) is 14.2. The van der Waals surface area contributed by atoms with Crippen LogP contribution in [0.1, 0.15) is 110 Å². The maximum atomic E-state index is 5.64. The average molecular weight is 466 g/mol. The molecular formula is C24H52ClNO3Si. The molecule has 0 heterocycles. The van der Waals surface area contributed by atoms with Gasteiger partial charge in [-0.3, -0.25) is 4.57 Å². The average Bonchev–Trinajstić information content (AvgIpc) is 2.75. The Bertz CT molecular complexity index is 360. The van der Waals surface area contributed by atoms with E-state index in [2.05, 4.69) is 30.6 Å². The molecule has 182 valence electrons. The molecule has 0 aliphatic rings. The fraction of sp³-hybridized carbons (Fsp3) is 0.917. The highest BCUT2D eigenvalue weighted by molar-refractivity contribution is 6.57. The van der Waals surface area contributed by atoms with Gasteiger partial charge in [0.1, 0.15) is 0 Å². The fourth-order valence-electron chi connectivity index (χ4n) is 3.84. The molecule has 6 heteroatoms. The molecule has 0 aromatic rings. The van der Waals surface area contributed by atoms with Crippen LogP contribution >= 0.6 is 12.4 Å². The smallest absolute Gasteiger partial charge is 0.364 e. The normalized spacial score (nSPS) is 12.1. The molecule has 30 heavy (non-hydrogen) atoms. The predicted molar refractivity (Wildman–Crippen MR) is 135 cm³/mol. The summed E-state index contributed by atoms with van der Waals surface area (Å²) in [5, 5.41) is 0. The number of hydrogen-bond donors (Lipinski definition) is 0. The van der Waals surface area contributed by atoms with Crippen LogP contribution in [0.5, 0.6) is 0 Å². The van der Waals surface area contributed by atoms with Gasteiger partial charge < -0.3 is 13.3 Å². The molecule has 0 atom stereocenters. The fourth-order valence-corrected chi connectivity index (χ4v) is 6.05. The van der Waals surface area contributed by atoms with Crippen LogP contribution in [0.25, 0.3) is 0 Å². The van der Waals surface area contributed by atoms with Gasteiger partial charge >= 0.3 is 8.97 Å². The van der Waals surface area contributed by atoms with E-state index in [0.717, 1.165) is 19.5 Å². The van der Waals surface area contributed by atoms with Gasteiger partial charge in [0.15, 0.2) is 0 Å². The Morgan fingerprint density at radius 1 is 0.567 bits per heavy atom. The number of rotatable bonds is 22. The Morgan fingerprint density at radius 2 is 1.00 bits per heavy atom. The van der Waals surface area contributed by atoms with Crippen LogP contribution in [-0.2, 0) is 13.3 Å². The van der Waals surface area contributed by atoms with Crippen molar-refractivity contribution in [2.75, 3.05) is 34.4 Å². The van der Waals surface area contributed by atoms with Gasteiger partial charge in [-0.25, -0.2) is 0 Å². The van der Waals surface area contributed by atoms with E-state index in [1.54, 1.807) is 21.3 Å². The highest BCUT2D eigenvalue weighted by Gasteiger charge is 2.45. The van der Waals surface area contributed by atoms with Crippen molar-refractivity contribution in [3.63, 3.8) is 0 Å². The molecule has 0 amide bonds. The van der Waals surface area contributed by atoms with E-state index in [1.807, 2.05) is 0 Å². The minimum absolute atomic E-state index is 0. The Hall–Kier alpha value is 0.0869. The van der Waals surface area contributed by atoms with Crippen LogP contribution in [0.4, 0.5) is 0 Å². The summed E-state index contributed by atoms with van der Waals surface area (Å²) in [6.45, 7) is 6.43. The van der Waals surface area contributed by atoms with Gasteiger partial charge in [-0.05, 0) is 51.6 Å². The van der Waals surface area contributed by atoms with E-state index >= 15 is 0 Å². The third-order valence-corrected chi connectivity index (χ3v) is 8.36. The summed E-state index contributed by atoms with van der Waals surface area (Å²) in [5.41, 5.74) is 0. The van der Waals surface area contributed by atoms with Gasteiger partial charge in [0, 0.05) is 21.3 Å². The number of hydrogen-bond acceptors (Lipinski definition) is 4. The second kappa shape index (κ2) is 23.7. The van der Waals surface area contributed by atoms with Crippen LogP contribution in [-0.4, -0.2) is 48.0 Å². The van der Waals surface area contributed by atoms with Crippen molar-refractivity contribution in [2.24, 2.45) is 0 Å². The zero-order valence-electron chi connectivity index (χ0n) is 20.8. The summed E-state index contributed by atoms with van der Waals surface area (Å²) in [6.07, 6.45) is 24.6. The molecule has 4 nitrogen and oxygen atoms in total. The van der Waals surface area contributed by atoms with E-state index in [0.29, 0.717) is 0 Å². The Labute approximate surface area is 196 Å². The van der Waals surface area contributed by atoms with Crippen molar-refractivity contribution in [1.82, 2.24) is 4.57 Å². The van der Waals surface area contributed by atoms with Gasteiger partial charge in [0.05, 0.1) is 0 Å². The maximum absolute atomic E-state index is 5.64. The first kappa shape index (κ1) is 32.3. The van der Waals surface area contributed by atoms with Crippen molar-refractivity contribution in [3.05, 3.63) is 12.2 Å². The molecule has 0 aromatic heterocycles. The summed E-state index contributed by atoms with van der Waals surface area (Å²) < 4.78 is 19.2. The SMILES string of the molecule is CCCCCCCC/C=C\CCCCCCCCN(CCC)[Si](OC)(OC)OC.Cl. The molecular weight excluding hydrogens is 414 g/mol. The summed E-state index contributed by atoms with van der Waals surface area (Å²) in [4.78, 5) is 0. The Morgan fingerprint density at radius 3 is 1.43 bits per heavy atom. The van der Waals surface area contributed by atoms with E-state index in [4.69, 9.17) is 13.3 Å². The number of allylic oxidation sites excluding steroid dienone is 2. The third kappa shape index (κ3) is 15.8. The second-order valence-corrected chi connectivity index (χ2v) is 11.0. The molecule has 0 saturated heterocycles. The number of nitrogens with zero attached hydrogens (tertiary/aromatic N) is 1. The molecule has 0 aliphatic carbocycles. The largest absolute Gasteiger partial charge is 0.598 e. The molecule has 0 spiro atoms. The van der Waals surface area contributed by atoms with E-state index in [1.165, 1.54) is 89.9 Å². The van der Waals surface area contributed by atoms with Gasteiger partial charge in [0.2, 0.25) is 0 Å². The molecule has 0 rings (SSSR count). The molecule has 0 radical (unpaired) electrons. The van der Waals surface area contributed by atoms with Gasteiger partial charge in [-0.15, -0.1) is 12.4 Å². The summed E-state index contributed by atoms with van der Waals surface area (Å²) >= 11 is 0. The van der Waals surface area contributed by atoms with Crippen molar-refractivity contribution in [2.45, 2.75) is 110 Å². The number of halogens is 1. The molecule has 0 aliphatic heterocycles. The lowest BCUT2D eigenvalue weighted by atomic mass is 10.1. The van der Waals surface area contributed by atoms with Crippen molar-refractivity contribution < 1.29 is 13.3 Å². The van der Waals surface area contributed by atoms with E-state index in [-0.39, 0.29) is 12.4 Å². The molecule has 0 unspecified atom stereocenters. The zero-order valence-corrected chi connectivity index (χ0v) is 22.6. The summed E-state index contributed by atoms with van der Waals surface area (Å²) in [6, 6.07) is 0. The number of unbranched alkanes of at least 4 members (excludes halogenated alkanes) is 12. The lowest BCUT2D eigenvalue weighted by Crippen LogP contribution is -2.59. The molecule has 0 saturated carbocycles. The van der Waals surface area contributed by atoms with Crippen LogP contribution in [0.15, 0.2) is 12.2 Å². The Kier molecular flexibility index (Phi) is 25.5. The van der Waals surface area contributed by atoms with Gasteiger partial charge in [-0.1, -0.05) is 83.8 Å². The first-order valence-corrected chi connectivity index (χ1v) is 13.9. The third-order valence-electron chi connectivity index (χ3n) is 5.59. The molecule has 0 aromatic carbocycles. The minimum Gasteiger partial charge on any atom is -0.364 e. The van der Waals surface area contributed by atoms with Gasteiger partial charge in [-0.2, -0.15) is 0 Å². The quantitative estimate of drug-likeness (QED) is 0.0938. The first-order valence-electron chi connectivity index (χ1n) is 12.3. The highest BCUT2D eigenvalue weighted by Crippen LogP contribution is 2.16. The van der Waals surface area contributed by atoms with Crippen molar-refractivity contribution in [3.8, 4) is 0 Å². The second-order valence-electron chi connectivity index (χ2n) is 8.06. The highest BCUT2D eigenvalue weighted by atomic mass is 35.5. The molecule has 0 bridgehead atoms. The van der Waals surface area contributed by atoms with Crippen LogP contribution in [0, 0.1) is 0 Å². The molecule has 0 N–H and O–H groups in total. The van der Waals surface area contributed by atoms with Crippen molar-refractivity contribution in [1.29, 1.82) is 0 Å². The van der Waals surface area contributed by atoms with Crippen LogP contribution in [0.2, 0.25) is 0 Å². The maximum Gasteiger partial charge on any atom is 0.598 e. The predicted octanol–water partition coefficient (Wildman–Crippen LogP) is 7.53. The zero-order chi connectivity index (χ0) is 21.6. The topological polar surface area (TPSA) is 30.9 Å². The van der Waals surface area contributed by atoms with Gasteiger partial charge in [0.25, 0.3) is 0 Å². The molecule has 0 fully saturated rings. The van der Waals surface area contributed by atoms with Crippen LogP contribution < -0.4 is 0 Å². The monoisotopic (exact) mass is 465 g/mol. The van der Waals surface area contributed by atoms with Crippen molar-refractivity contribution >= 4 is 21.4 Å². The standard InChI is InChI=1S/C24H51NO3Si.ClH/c1-6-8-9-10-11-12-13-14-15-16-17-18-19-20-21-22-24-25(23-7-2)29(26-3,27-4)28-5;/h14-15H,6-13,16-24H2,1-5H3;1H/b15-14-;. The lowest BCUT2D eigenvalue weighted by molar-refractivity contribution is 0.0565. The summed E-state index contributed by atoms with van der Waals surface area (Å²) in [7, 11) is 2.44. The lowest BCUT2D eigenvalue weighted by Gasteiger charge is -2.35. The Balaban J connectivity index is 0. The summed E-state index contributed by atoms with van der Waals surface area (Å²) in [5.74, 6) is 0. The van der Waals surface area contributed by atoms with E-state index < -0.39 is 8.97 Å². The van der Waals surface area contributed by atoms with E-state index in [9.17, 15) is 0 Å². The van der Waals surface area contributed by atoms with Crippen LogP contribution in [0.3, 0.4) is 0 Å².